The first kappa shape index (κ1) is 23.4. The molecule has 0 bridgehead atoms. The summed E-state index contributed by atoms with van der Waals surface area (Å²) in [7, 11) is -3.75. The molecule has 1 fully saturated rings. The van der Waals surface area contributed by atoms with E-state index < -0.39 is 10.0 Å². The van der Waals surface area contributed by atoms with Gasteiger partial charge < -0.3 is 10.1 Å². The van der Waals surface area contributed by atoms with Gasteiger partial charge in [-0.3, -0.25) is 9.59 Å². The monoisotopic (exact) mass is 508 g/mol. The molecule has 1 N–H and O–H groups in total. The Hall–Kier alpha value is -2.23. The summed E-state index contributed by atoms with van der Waals surface area (Å²) in [6, 6.07) is 13.5. The highest BCUT2D eigenvalue weighted by molar-refractivity contribution is 9.10. The molecule has 3 rings (SSSR count). The van der Waals surface area contributed by atoms with Gasteiger partial charge in [0, 0.05) is 28.8 Å². The molecule has 9 heteroatoms. The van der Waals surface area contributed by atoms with Gasteiger partial charge in [-0.1, -0.05) is 34.1 Å². The van der Waals surface area contributed by atoms with Crippen molar-refractivity contribution in [3.05, 3.63) is 58.6 Å². The Bertz CT molecular complexity index is 1050. The van der Waals surface area contributed by atoms with Crippen molar-refractivity contribution in [2.75, 3.05) is 31.6 Å². The Kier molecular flexibility index (Phi) is 7.85. The van der Waals surface area contributed by atoms with E-state index in [1.54, 1.807) is 19.1 Å². The highest BCUT2D eigenvalue weighted by atomic mass is 79.9. The van der Waals surface area contributed by atoms with E-state index in [0.29, 0.717) is 25.0 Å². The van der Waals surface area contributed by atoms with E-state index in [0.717, 1.165) is 10.2 Å². The third-order valence-electron chi connectivity index (χ3n) is 5.15. The minimum Gasteiger partial charge on any atom is -0.466 e. The van der Waals surface area contributed by atoms with E-state index >= 15 is 0 Å². The van der Waals surface area contributed by atoms with E-state index in [1.165, 1.54) is 16.4 Å². The molecule has 0 unspecified atom stereocenters. The Balaban J connectivity index is 1.66. The maximum Gasteiger partial charge on any atom is 0.309 e. The fourth-order valence-electron chi connectivity index (χ4n) is 3.45. The number of Topliss-reactive ketones (excluding diaryl/α,β-unsaturated/α-hetero) is 1. The maximum atomic E-state index is 13.1. The number of piperidine rings is 1. The van der Waals surface area contributed by atoms with Crippen LogP contribution in [0.1, 0.15) is 30.1 Å². The highest BCUT2D eigenvalue weighted by Crippen LogP contribution is 2.25. The van der Waals surface area contributed by atoms with Crippen LogP contribution in [-0.4, -0.2) is 50.7 Å². The number of halogens is 1. The van der Waals surface area contributed by atoms with Crippen LogP contribution in [0.5, 0.6) is 0 Å². The second-order valence-corrected chi connectivity index (χ2v) is 10.1. The van der Waals surface area contributed by atoms with Crippen molar-refractivity contribution in [3.63, 3.8) is 0 Å². The minimum atomic E-state index is -3.75. The van der Waals surface area contributed by atoms with E-state index in [9.17, 15) is 18.0 Å². The van der Waals surface area contributed by atoms with Crippen molar-refractivity contribution in [1.29, 1.82) is 0 Å². The molecule has 0 saturated carbocycles. The van der Waals surface area contributed by atoms with Crippen LogP contribution in [0.25, 0.3) is 0 Å². The first-order chi connectivity index (χ1) is 14.8. The minimum absolute atomic E-state index is 0.0465. The highest BCUT2D eigenvalue weighted by Gasteiger charge is 2.32. The smallest absolute Gasteiger partial charge is 0.309 e. The number of hydrogen-bond donors (Lipinski definition) is 1. The number of nitrogens with zero attached hydrogens (tertiary/aromatic N) is 1. The van der Waals surface area contributed by atoms with Crippen LogP contribution in [0.4, 0.5) is 5.69 Å². The quantitative estimate of drug-likeness (QED) is 0.431. The molecule has 0 amide bonds. The van der Waals surface area contributed by atoms with Crippen LogP contribution in [0, 0.1) is 5.92 Å². The second-order valence-electron chi connectivity index (χ2n) is 7.25. The Morgan fingerprint density at radius 3 is 2.52 bits per heavy atom. The first-order valence-electron chi connectivity index (χ1n) is 10.1. The zero-order valence-corrected chi connectivity index (χ0v) is 19.6. The van der Waals surface area contributed by atoms with Gasteiger partial charge in [0.1, 0.15) is 0 Å². The number of carbonyl (C=O) groups is 2. The number of hydrogen-bond acceptors (Lipinski definition) is 6. The Labute approximate surface area is 191 Å². The molecule has 0 aromatic heterocycles. The molecule has 1 heterocycles. The molecule has 0 aliphatic carbocycles. The topological polar surface area (TPSA) is 92.8 Å². The molecule has 1 aliphatic rings. The van der Waals surface area contributed by atoms with Gasteiger partial charge in [-0.15, -0.1) is 0 Å². The number of nitrogens with one attached hydrogen (secondary N) is 1. The van der Waals surface area contributed by atoms with Gasteiger partial charge in [-0.2, -0.15) is 4.31 Å². The van der Waals surface area contributed by atoms with E-state index in [2.05, 4.69) is 21.2 Å². The second kappa shape index (κ2) is 10.4. The number of carbonyl (C=O) groups excluding carboxylic acids is 2. The van der Waals surface area contributed by atoms with Gasteiger partial charge >= 0.3 is 5.97 Å². The zero-order chi connectivity index (χ0) is 22.4. The predicted molar refractivity (Wildman–Crippen MR) is 122 cm³/mol. The fourth-order valence-corrected chi connectivity index (χ4v) is 5.37. The summed E-state index contributed by atoms with van der Waals surface area (Å²) in [6.07, 6.45) is 0.848. The van der Waals surface area contributed by atoms with E-state index in [-0.39, 0.29) is 42.2 Å². The largest absolute Gasteiger partial charge is 0.466 e. The molecule has 166 valence electrons. The molecule has 2 aromatic rings. The Morgan fingerprint density at radius 1 is 1.13 bits per heavy atom. The molecular formula is C22H25BrN2O5S. The zero-order valence-electron chi connectivity index (χ0n) is 17.2. The number of rotatable bonds is 8. The fraction of sp³-hybridized carbons (Fsp3) is 0.364. The van der Waals surface area contributed by atoms with Crippen molar-refractivity contribution >= 4 is 43.4 Å². The molecule has 31 heavy (non-hydrogen) atoms. The van der Waals surface area contributed by atoms with Crippen LogP contribution in [-0.2, 0) is 19.6 Å². The van der Waals surface area contributed by atoms with Crippen molar-refractivity contribution < 1.29 is 22.7 Å². The van der Waals surface area contributed by atoms with Gasteiger partial charge in [-0.25, -0.2) is 8.42 Å². The van der Waals surface area contributed by atoms with Gasteiger partial charge in [-0.05, 0) is 50.1 Å². The van der Waals surface area contributed by atoms with Crippen LogP contribution < -0.4 is 5.32 Å². The maximum absolute atomic E-state index is 13.1. The van der Waals surface area contributed by atoms with Gasteiger partial charge in [0.2, 0.25) is 10.0 Å². The number of anilines is 1. The molecule has 7 nitrogen and oxygen atoms in total. The molecule has 0 radical (unpaired) electrons. The summed E-state index contributed by atoms with van der Waals surface area (Å²) in [5, 5.41) is 3.05. The van der Waals surface area contributed by atoms with Crippen molar-refractivity contribution in [1.82, 2.24) is 4.31 Å². The number of benzene rings is 2. The van der Waals surface area contributed by atoms with E-state index in [1.807, 2.05) is 24.3 Å². The summed E-state index contributed by atoms with van der Waals surface area (Å²) in [5.74, 6) is -0.758. The van der Waals surface area contributed by atoms with Crippen LogP contribution in [0.15, 0.2) is 57.9 Å². The number of ketones is 1. The summed E-state index contributed by atoms with van der Waals surface area (Å²) in [6.45, 7) is 2.60. The predicted octanol–water partition coefficient (Wildman–Crippen LogP) is 3.71. The lowest BCUT2D eigenvalue weighted by molar-refractivity contribution is -0.149. The third-order valence-corrected chi connectivity index (χ3v) is 7.53. The SMILES string of the molecule is CCOC(=O)C1CCN(S(=O)(=O)c2cccc(C(=O)CNc3cccc(Br)c3)c2)CC1. The lowest BCUT2D eigenvalue weighted by Gasteiger charge is -2.30. The number of esters is 1. The van der Waals surface area contributed by atoms with Gasteiger partial charge in [0.25, 0.3) is 0 Å². The van der Waals surface area contributed by atoms with Gasteiger partial charge in [0.15, 0.2) is 5.78 Å². The summed E-state index contributed by atoms with van der Waals surface area (Å²) in [4.78, 5) is 24.6. The lowest BCUT2D eigenvalue weighted by Crippen LogP contribution is -2.40. The standard InChI is InChI=1S/C22H25BrN2O5S/c1-2-30-22(27)16-9-11-25(12-10-16)31(28,29)20-8-3-5-17(13-20)21(26)15-24-19-7-4-6-18(23)14-19/h3-8,13-14,16,24H,2,9-12,15H2,1H3. The van der Waals surface area contributed by atoms with Crippen LogP contribution >= 0.6 is 15.9 Å². The Morgan fingerprint density at radius 2 is 1.84 bits per heavy atom. The lowest BCUT2D eigenvalue weighted by atomic mass is 9.98. The molecule has 0 atom stereocenters. The summed E-state index contributed by atoms with van der Waals surface area (Å²) < 4.78 is 33.4. The summed E-state index contributed by atoms with van der Waals surface area (Å²) in [5.41, 5.74) is 1.11. The summed E-state index contributed by atoms with van der Waals surface area (Å²) >= 11 is 3.38. The molecule has 0 spiro atoms. The van der Waals surface area contributed by atoms with Crippen molar-refractivity contribution in [2.45, 2.75) is 24.7 Å². The number of ether oxygens (including phenoxy) is 1. The average Bonchev–Trinajstić information content (AvgIpc) is 2.78. The molecular weight excluding hydrogens is 484 g/mol. The van der Waals surface area contributed by atoms with Gasteiger partial charge in [0.05, 0.1) is 24.0 Å². The third kappa shape index (κ3) is 5.93. The molecule has 2 aromatic carbocycles. The average molecular weight is 509 g/mol. The van der Waals surface area contributed by atoms with Crippen LogP contribution in [0.3, 0.4) is 0 Å². The first-order valence-corrected chi connectivity index (χ1v) is 12.3. The molecule has 1 saturated heterocycles. The number of sulfonamides is 1. The normalized spacial score (nSPS) is 15.4. The van der Waals surface area contributed by atoms with Crippen molar-refractivity contribution in [3.8, 4) is 0 Å². The van der Waals surface area contributed by atoms with Crippen LogP contribution in [0.2, 0.25) is 0 Å². The van der Waals surface area contributed by atoms with Crippen molar-refractivity contribution in [2.24, 2.45) is 5.92 Å². The van der Waals surface area contributed by atoms with E-state index in [4.69, 9.17) is 4.74 Å². The molecule has 1 aliphatic heterocycles.